The van der Waals surface area contributed by atoms with Crippen LogP contribution in [0.3, 0.4) is 0 Å². The fourth-order valence-corrected chi connectivity index (χ4v) is 1.35. The minimum Gasteiger partial charge on any atom is -0.465 e. The summed E-state index contributed by atoms with van der Waals surface area (Å²) in [6.07, 6.45) is 7.30. The van der Waals surface area contributed by atoms with E-state index >= 15 is 0 Å². The van der Waals surface area contributed by atoms with Crippen LogP contribution in [0.4, 0.5) is 0 Å². The molecule has 0 fully saturated rings. The van der Waals surface area contributed by atoms with Crippen molar-refractivity contribution >= 4 is 5.97 Å². The molecule has 0 spiro atoms. The minimum atomic E-state index is -0.420. The summed E-state index contributed by atoms with van der Waals surface area (Å²) in [6.45, 7) is 4.77. The molecule has 0 aliphatic carbocycles. The average molecular weight is 215 g/mol. The van der Waals surface area contributed by atoms with E-state index in [0.717, 1.165) is 32.1 Å². The first-order chi connectivity index (χ1) is 7.22. The second-order valence-electron chi connectivity index (χ2n) is 3.98. The Hall–Kier alpha value is -0.570. The predicted octanol–water partition coefficient (Wildman–Crippen LogP) is 2.63. The number of carbonyl (C=O) groups is 1. The SMILES string of the molecule is CCCCCCOC(=O)C(N)CCCC. The third-order valence-electron chi connectivity index (χ3n) is 2.41. The lowest BCUT2D eigenvalue weighted by Gasteiger charge is -2.10. The molecule has 3 nitrogen and oxygen atoms in total. The van der Waals surface area contributed by atoms with Gasteiger partial charge in [0.2, 0.25) is 0 Å². The van der Waals surface area contributed by atoms with Crippen molar-refractivity contribution in [2.24, 2.45) is 5.73 Å². The molecule has 1 atom stereocenters. The van der Waals surface area contributed by atoms with Crippen molar-refractivity contribution in [3.05, 3.63) is 0 Å². The largest absolute Gasteiger partial charge is 0.465 e. The van der Waals surface area contributed by atoms with Gasteiger partial charge in [0, 0.05) is 0 Å². The highest BCUT2D eigenvalue weighted by Gasteiger charge is 2.13. The van der Waals surface area contributed by atoms with Crippen LogP contribution < -0.4 is 5.73 Å². The second-order valence-corrected chi connectivity index (χ2v) is 3.98. The van der Waals surface area contributed by atoms with Gasteiger partial charge in [-0.3, -0.25) is 4.79 Å². The van der Waals surface area contributed by atoms with E-state index in [0.29, 0.717) is 6.61 Å². The highest BCUT2D eigenvalue weighted by atomic mass is 16.5. The number of unbranched alkanes of at least 4 members (excludes halogenated alkanes) is 4. The molecule has 0 aromatic carbocycles. The molecular weight excluding hydrogens is 190 g/mol. The number of esters is 1. The van der Waals surface area contributed by atoms with E-state index in [-0.39, 0.29) is 5.97 Å². The molecule has 0 radical (unpaired) electrons. The van der Waals surface area contributed by atoms with Crippen LogP contribution in [0, 0.1) is 0 Å². The van der Waals surface area contributed by atoms with Crippen molar-refractivity contribution in [3.63, 3.8) is 0 Å². The van der Waals surface area contributed by atoms with Crippen LogP contribution in [0.2, 0.25) is 0 Å². The van der Waals surface area contributed by atoms with Crippen molar-refractivity contribution in [2.45, 2.75) is 64.8 Å². The summed E-state index contributed by atoms with van der Waals surface area (Å²) in [5.41, 5.74) is 5.67. The fourth-order valence-electron chi connectivity index (χ4n) is 1.35. The number of hydrogen-bond acceptors (Lipinski definition) is 3. The van der Waals surface area contributed by atoms with E-state index in [1.807, 2.05) is 0 Å². The molecular formula is C12H25NO2. The van der Waals surface area contributed by atoms with E-state index in [9.17, 15) is 4.79 Å². The van der Waals surface area contributed by atoms with Crippen molar-refractivity contribution in [2.75, 3.05) is 6.61 Å². The van der Waals surface area contributed by atoms with Crippen LogP contribution in [-0.4, -0.2) is 18.6 Å². The average Bonchev–Trinajstić information content (AvgIpc) is 2.25. The van der Waals surface area contributed by atoms with Gasteiger partial charge in [0.25, 0.3) is 0 Å². The molecule has 0 heterocycles. The predicted molar refractivity (Wildman–Crippen MR) is 62.6 cm³/mol. The molecule has 0 aromatic rings. The van der Waals surface area contributed by atoms with Crippen LogP contribution in [0.15, 0.2) is 0 Å². The molecule has 0 aliphatic rings. The lowest BCUT2D eigenvalue weighted by molar-refractivity contribution is -0.145. The standard InChI is InChI=1S/C12H25NO2/c1-3-5-7-8-10-15-12(14)11(13)9-6-4-2/h11H,3-10,13H2,1-2H3. The molecule has 90 valence electrons. The van der Waals surface area contributed by atoms with Gasteiger partial charge in [-0.25, -0.2) is 0 Å². The number of hydrogen-bond donors (Lipinski definition) is 1. The lowest BCUT2D eigenvalue weighted by Crippen LogP contribution is -2.32. The summed E-state index contributed by atoms with van der Waals surface area (Å²) < 4.78 is 5.08. The number of carbonyl (C=O) groups excluding carboxylic acids is 1. The van der Waals surface area contributed by atoms with Gasteiger partial charge in [0.15, 0.2) is 0 Å². The Morgan fingerprint density at radius 3 is 2.40 bits per heavy atom. The Morgan fingerprint density at radius 2 is 1.80 bits per heavy atom. The van der Waals surface area contributed by atoms with Crippen LogP contribution in [0.25, 0.3) is 0 Å². The lowest BCUT2D eigenvalue weighted by atomic mass is 10.1. The summed E-state index contributed by atoms with van der Waals surface area (Å²) in [7, 11) is 0. The Labute approximate surface area is 93.4 Å². The second kappa shape index (κ2) is 9.97. The Morgan fingerprint density at radius 1 is 1.13 bits per heavy atom. The molecule has 2 N–H and O–H groups in total. The van der Waals surface area contributed by atoms with Crippen LogP contribution in [0.1, 0.15) is 58.8 Å². The first-order valence-corrected chi connectivity index (χ1v) is 6.14. The third-order valence-corrected chi connectivity index (χ3v) is 2.41. The first-order valence-electron chi connectivity index (χ1n) is 6.14. The smallest absolute Gasteiger partial charge is 0.322 e. The van der Waals surface area contributed by atoms with Crippen LogP contribution >= 0.6 is 0 Å². The maximum atomic E-state index is 11.3. The highest BCUT2D eigenvalue weighted by Crippen LogP contribution is 2.02. The number of rotatable bonds is 9. The summed E-state index contributed by atoms with van der Waals surface area (Å²) in [5, 5.41) is 0. The number of ether oxygens (including phenoxy) is 1. The quantitative estimate of drug-likeness (QED) is 0.475. The van der Waals surface area contributed by atoms with Crippen LogP contribution in [-0.2, 0) is 9.53 Å². The van der Waals surface area contributed by atoms with Crippen molar-refractivity contribution in [1.82, 2.24) is 0 Å². The normalized spacial score (nSPS) is 12.5. The third kappa shape index (κ3) is 8.43. The van der Waals surface area contributed by atoms with Gasteiger partial charge in [-0.2, -0.15) is 0 Å². The molecule has 0 saturated heterocycles. The van der Waals surface area contributed by atoms with Gasteiger partial charge in [-0.05, 0) is 12.8 Å². The molecule has 0 saturated carbocycles. The highest BCUT2D eigenvalue weighted by molar-refractivity contribution is 5.75. The Kier molecular flexibility index (Phi) is 9.59. The monoisotopic (exact) mass is 215 g/mol. The Balaban J connectivity index is 3.38. The summed E-state index contributed by atoms with van der Waals surface area (Å²) in [6, 6.07) is -0.420. The van der Waals surface area contributed by atoms with Gasteiger partial charge < -0.3 is 10.5 Å². The molecule has 3 heteroatoms. The summed E-state index contributed by atoms with van der Waals surface area (Å²) >= 11 is 0. The molecule has 1 unspecified atom stereocenters. The number of nitrogens with two attached hydrogens (primary N) is 1. The van der Waals surface area contributed by atoms with Gasteiger partial charge in [-0.15, -0.1) is 0 Å². The van der Waals surface area contributed by atoms with E-state index in [4.69, 9.17) is 10.5 Å². The van der Waals surface area contributed by atoms with Crippen molar-refractivity contribution in [1.29, 1.82) is 0 Å². The van der Waals surface area contributed by atoms with E-state index < -0.39 is 6.04 Å². The molecule has 15 heavy (non-hydrogen) atoms. The van der Waals surface area contributed by atoms with Crippen molar-refractivity contribution < 1.29 is 9.53 Å². The topological polar surface area (TPSA) is 52.3 Å². The Bertz CT molecular complexity index is 160. The van der Waals surface area contributed by atoms with Crippen molar-refractivity contribution in [3.8, 4) is 0 Å². The van der Waals surface area contributed by atoms with E-state index in [1.54, 1.807) is 0 Å². The summed E-state index contributed by atoms with van der Waals surface area (Å²) in [4.78, 5) is 11.3. The van der Waals surface area contributed by atoms with Gasteiger partial charge in [0.05, 0.1) is 6.61 Å². The van der Waals surface area contributed by atoms with E-state index in [2.05, 4.69) is 13.8 Å². The van der Waals surface area contributed by atoms with Gasteiger partial charge in [-0.1, -0.05) is 46.0 Å². The minimum absolute atomic E-state index is 0.236. The van der Waals surface area contributed by atoms with Gasteiger partial charge >= 0.3 is 5.97 Å². The summed E-state index contributed by atoms with van der Waals surface area (Å²) in [5.74, 6) is -0.236. The molecule has 0 bridgehead atoms. The maximum absolute atomic E-state index is 11.3. The van der Waals surface area contributed by atoms with Crippen LogP contribution in [0.5, 0.6) is 0 Å². The molecule has 0 amide bonds. The zero-order valence-electron chi connectivity index (χ0n) is 10.1. The zero-order chi connectivity index (χ0) is 11.5. The first kappa shape index (κ1) is 14.4. The molecule has 0 rings (SSSR count). The molecule has 0 aromatic heterocycles. The molecule has 0 aliphatic heterocycles. The zero-order valence-corrected chi connectivity index (χ0v) is 10.1. The van der Waals surface area contributed by atoms with E-state index in [1.165, 1.54) is 12.8 Å². The maximum Gasteiger partial charge on any atom is 0.322 e. The van der Waals surface area contributed by atoms with Gasteiger partial charge in [0.1, 0.15) is 6.04 Å². The fraction of sp³-hybridized carbons (Fsp3) is 0.917.